The van der Waals surface area contributed by atoms with E-state index < -0.39 is 35.9 Å². The number of carbonyl (C=O) groups excluding carboxylic acids is 2. The van der Waals surface area contributed by atoms with Crippen molar-refractivity contribution in [2.45, 2.75) is 147 Å². The van der Waals surface area contributed by atoms with Crippen molar-refractivity contribution in [3.8, 4) is 0 Å². The molecule has 1 aromatic heterocycles. The van der Waals surface area contributed by atoms with Crippen LogP contribution in [0, 0.1) is 0 Å². The molecule has 0 unspecified atom stereocenters. The molecule has 12 nitrogen and oxygen atoms in total. The van der Waals surface area contributed by atoms with Crippen molar-refractivity contribution in [1.29, 1.82) is 0 Å². The minimum absolute atomic E-state index is 0.00846. The van der Waals surface area contributed by atoms with E-state index in [9.17, 15) is 34.2 Å². The van der Waals surface area contributed by atoms with Gasteiger partial charge in [-0.05, 0) is 19.3 Å². The van der Waals surface area contributed by atoms with Crippen molar-refractivity contribution in [3.05, 3.63) is 18.2 Å². The zero-order valence-electron chi connectivity index (χ0n) is 25.5. The van der Waals surface area contributed by atoms with Crippen LogP contribution < -0.4 is 10.6 Å². The number of hydrogen-bond acceptors (Lipinski definition) is 6. The van der Waals surface area contributed by atoms with Crippen LogP contribution in [0.15, 0.2) is 12.5 Å². The van der Waals surface area contributed by atoms with Gasteiger partial charge in [0.15, 0.2) is 0 Å². The molecule has 12 heteroatoms. The maximum atomic E-state index is 12.2. The third kappa shape index (κ3) is 21.0. The Labute approximate surface area is 254 Å². The first-order chi connectivity index (χ1) is 20.7. The molecule has 0 aliphatic carbocycles. The molecule has 2 atom stereocenters. The third-order valence-electron chi connectivity index (χ3n) is 7.44. The van der Waals surface area contributed by atoms with Crippen LogP contribution in [0.25, 0.3) is 0 Å². The predicted molar refractivity (Wildman–Crippen MR) is 161 cm³/mol. The van der Waals surface area contributed by atoms with E-state index >= 15 is 0 Å². The monoisotopic (exact) mass is 608 g/mol. The van der Waals surface area contributed by atoms with E-state index in [2.05, 4.69) is 20.6 Å². The standard InChI is InChI=1S/C31H52N4O8/c36-27(17-15-13-11-9-7-5-3-1-2-4-6-8-10-12-14-16-18-29(38)39)34-25(30(40)41)19-20-28(37)35-26(31(42)43)21-24-22-32-23-33-24/h22-23,25-26H,1-21H2,(H,32,33)(H,34,36)(H,35,37)(H,38,39)(H,40,41)(H,42,43)/t25-,26-/m0/s1. The summed E-state index contributed by atoms with van der Waals surface area (Å²) in [6, 6.07) is -2.41. The van der Waals surface area contributed by atoms with E-state index in [0.29, 0.717) is 12.1 Å². The number of nitrogens with zero attached hydrogens (tertiary/aromatic N) is 1. The van der Waals surface area contributed by atoms with E-state index in [1.165, 1.54) is 70.3 Å². The van der Waals surface area contributed by atoms with Crippen molar-refractivity contribution < 1.29 is 39.3 Å². The quantitative estimate of drug-likeness (QED) is 0.0710. The lowest BCUT2D eigenvalue weighted by atomic mass is 10.0. The van der Waals surface area contributed by atoms with Gasteiger partial charge in [-0.15, -0.1) is 0 Å². The van der Waals surface area contributed by atoms with E-state index in [0.717, 1.165) is 38.5 Å². The number of imidazole rings is 1. The molecular weight excluding hydrogens is 556 g/mol. The Balaban J connectivity index is 2.03. The van der Waals surface area contributed by atoms with E-state index in [4.69, 9.17) is 5.11 Å². The Morgan fingerprint density at radius 2 is 1.02 bits per heavy atom. The molecule has 1 aromatic rings. The van der Waals surface area contributed by atoms with Gasteiger partial charge in [-0.3, -0.25) is 14.4 Å². The molecule has 1 heterocycles. The lowest BCUT2D eigenvalue weighted by Crippen LogP contribution is -2.44. The molecule has 43 heavy (non-hydrogen) atoms. The smallest absolute Gasteiger partial charge is 0.326 e. The van der Waals surface area contributed by atoms with E-state index in [1.54, 1.807) is 0 Å². The lowest BCUT2D eigenvalue weighted by molar-refractivity contribution is -0.143. The fourth-order valence-corrected chi connectivity index (χ4v) is 4.91. The van der Waals surface area contributed by atoms with Gasteiger partial charge in [-0.1, -0.05) is 89.9 Å². The summed E-state index contributed by atoms with van der Waals surface area (Å²) in [5.74, 6) is -4.14. The molecule has 244 valence electrons. The number of carbonyl (C=O) groups is 5. The summed E-state index contributed by atoms with van der Waals surface area (Å²) >= 11 is 0. The molecule has 6 N–H and O–H groups in total. The normalized spacial score (nSPS) is 12.4. The number of aromatic amines is 1. The molecule has 1 rings (SSSR count). The molecule has 0 fully saturated rings. The van der Waals surface area contributed by atoms with Crippen molar-refractivity contribution >= 4 is 29.7 Å². The van der Waals surface area contributed by atoms with E-state index in [1.807, 2.05) is 0 Å². The lowest BCUT2D eigenvalue weighted by Gasteiger charge is -2.16. The molecular formula is C31H52N4O8. The third-order valence-corrected chi connectivity index (χ3v) is 7.44. The molecule has 0 bridgehead atoms. The number of hydrogen-bond donors (Lipinski definition) is 6. The van der Waals surface area contributed by atoms with Crippen LogP contribution in [0.4, 0.5) is 0 Å². The van der Waals surface area contributed by atoms with Crippen LogP contribution in [0.5, 0.6) is 0 Å². The SMILES string of the molecule is O=C(O)CCCCCCCCCCCCCCCCCCC(=O)N[C@@H](CCC(=O)N[C@@H](Cc1c[nH]cn1)C(=O)O)C(=O)O. The average Bonchev–Trinajstić information content (AvgIpc) is 3.47. The highest BCUT2D eigenvalue weighted by atomic mass is 16.4. The van der Waals surface area contributed by atoms with Crippen LogP contribution in [0.2, 0.25) is 0 Å². The Kier molecular flexibility index (Phi) is 21.0. The maximum absolute atomic E-state index is 12.2. The summed E-state index contributed by atoms with van der Waals surface area (Å²) < 4.78 is 0. The highest BCUT2D eigenvalue weighted by molar-refractivity contribution is 5.86. The Hall–Kier alpha value is -3.44. The van der Waals surface area contributed by atoms with Crippen LogP contribution >= 0.6 is 0 Å². The molecule has 0 saturated carbocycles. The number of rotatable bonds is 28. The van der Waals surface area contributed by atoms with Gasteiger partial charge in [0.2, 0.25) is 11.8 Å². The van der Waals surface area contributed by atoms with Crippen LogP contribution in [-0.4, -0.2) is 67.1 Å². The molecule has 0 spiro atoms. The number of unbranched alkanes of at least 4 members (excludes halogenated alkanes) is 15. The summed E-state index contributed by atoms with van der Waals surface area (Å²) in [4.78, 5) is 64.6. The zero-order chi connectivity index (χ0) is 31.7. The van der Waals surface area contributed by atoms with Crippen LogP contribution in [0.1, 0.15) is 134 Å². The predicted octanol–water partition coefficient (Wildman–Crippen LogP) is 4.98. The van der Waals surface area contributed by atoms with Gasteiger partial charge >= 0.3 is 17.9 Å². The number of nitrogens with one attached hydrogen (secondary N) is 3. The Bertz CT molecular complexity index is 938. The van der Waals surface area contributed by atoms with E-state index in [-0.39, 0.29) is 38.0 Å². The summed E-state index contributed by atoms with van der Waals surface area (Å²) in [6.07, 6.45) is 20.8. The van der Waals surface area contributed by atoms with Gasteiger partial charge in [0, 0.05) is 31.9 Å². The second kappa shape index (κ2) is 24.0. The number of carboxylic acid groups (broad SMARTS) is 3. The highest BCUT2D eigenvalue weighted by Gasteiger charge is 2.24. The first-order valence-electron chi connectivity index (χ1n) is 15.9. The van der Waals surface area contributed by atoms with Crippen molar-refractivity contribution in [3.63, 3.8) is 0 Å². The summed E-state index contributed by atoms with van der Waals surface area (Å²) in [5, 5.41) is 32.3. The largest absolute Gasteiger partial charge is 0.481 e. The average molecular weight is 609 g/mol. The van der Waals surface area contributed by atoms with Crippen LogP contribution in [-0.2, 0) is 30.4 Å². The fourth-order valence-electron chi connectivity index (χ4n) is 4.91. The number of carboxylic acids is 3. The maximum Gasteiger partial charge on any atom is 0.326 e. The van der Waals surface area contributed by atoms with Crippen molar-refractivity contribution in [2.24, 2.45) is 0 Å². The number of aromatic nitrogens is 2. The molecule has 0 aromatic carbocycles. The second-order valence-electron chi connectivity index (χ2n) is 11.3. The molecule has 0 saturated heterocycles. The number of H-pyrrole nitrogens is 1. The van der Waals surface area contributed by atoms with Gasteiger partial charge in [0.25, 0.3) is 0 Å². The van der Waals surface area contributed by atoms with Crippen LogP contribution in [0.3, 0.4) is 0 Å². The summed E-state index contributed by atoms with van der Waals surface area (Å²) in [6.45, 7) is 0. The van der Waals surface area contributed by atoms with Gasteiger partial charge in [-0.25, -0.2) is 14.6 Å². The topological polar surface area (TPSA) is 199 Å². The molecule has 0 aliphatic heterocycles. The number of amides is 2. The Morgan fingerprint density at radius 3 is 1.44 bits per heavy atom. The van der Waals surface area contributed by atoms with Crippen molar-refractivity contribution in [1.82, 2.24) is 20.6 Å². The second-order valence-corrected chi connectivity index (χ2v) is 11.3. The molecule has 0 radical (unpaired) electrons. The van der Waals surface area contributed by atoms with Gasteiger partial charge < -0.3 is 30.9 Å². The number of aliphatic carboxylic acids is 3. The van der Waals surface area contributed by atoms with Gasteiger partial charge in [-0.2, -0.15) is 0 Å². The molecule has 0 aliphatic rings. The minimum Gasteiger partial charge on any atom is -0.481 e. The molecule has 2 amide bonds. The fraction of sp³-hybridized carbons (Fsp3) is 0.742. The zero-order valence-corrected chi connectivity index (χ0v) is 25.5. The summed E-state index contributed by atoms with van der Waals surface area (Å²) in [5.41, 5.74) is 0.474. The summed E-state index contributed by atoms with van der Waals surface area (Å²) in [7, 11) is 0. The van der Waals surface area contributed by atoms with Gasteiger partial charge in [0.1, 0.15) is 12.1 Å². The first kappa shape index (κ1) is 37.6. The minimum atomic E-state index is -1.24. The first-order valence-corrected chi connectivity index (χ1v) is 15.9. The van der Waals surface area contributed by atoms with Gasteiger partial charge in [0.05, 0.1) is 12.0 Å². The Morgan fingerprint density at radius 1 is 0.605 bits per heavy atom. The van der Waals surface area contributed by atoms with Crippen molar-refractivity contribution in [2.75, 3.05) is 0 Å². The highest BCUT2D eigenvalue weighted by Crippen LogP contribution is 2.14.